The fourth-order valence-corrected chi connectivity index (χ4v) is 1.50. The molecule has 0 aliphatic rings. The number of rotatable bonds is 4. The second-order valence-electron chi connectivity index (χ2n) is 4.17. The molecule has 2 rings (SSSR count). The zero-order chi connectivity index (χ0) is 13.0. The van der Waals surface area contributed by atoms with Crippen molar-refractivity contribution in [1.82, 2.24) is 20.3 Å². The van der Waals surface area contributed by atoms with Crippen LogP contribution in [0.4, 0.5) is 5.82 Å². The zero-order valence-corrected chi connectivity index (χ0v) is 10.3. The van der Waals surface area contributed by atoms with Crippen molar-refractivity contribution < 1.29 is 4.79 Å². The van der Waals surface area contributed by atoms with E-state index in [1.54, 1.807) is 18.5 Å². The van der Waals surface area contributed by atoms with E-state index in [-0.39, 0.29) is 18.5 Å². The highest BCUT2D eigenvalue weighted by molar-refractivity contribution is 5.81. The van der Waals surface area contributed by atoms with Crippen molar-refractivity contribution >= 4 is 22.9 Å². The molecule has 94 valence electrons. The first-order chi connectivity index (χ1) is 8.65. The molecule has 2 N–H and O–H groups in total. The summed E-state index contributed by atoms with van der Waals surface area (Å²) in [4.78, 5) is 24.0. The van der Waals surface area contributed by atoms with E-state index < -0.39 is 0 Å². The average Bonchev–Trinajstić information content (AvgIpc) is 2.35. The van der Waals surface area contributed by atoms with Gasteiger partial charge in [0, 0.05) is 18.4 Å². The Labute approximate surface area is 105 Å². The zero-order valence-electron chi connectivity index (χ0n) is 10.3. The predicted molar refractivity (Wildman–Crippen MR) is 69.1 cm³/mol. The Morgan fingerprint density at radius 1 is 1.28 bits per heavy atom. The first-order valence-corrected chi connectivity index (χ1v) is 5.76. The Morgan fingerprint density at radius 2 is 2.06 bits per heavy atom. The predicted octanol–water partition coefficient (Wildman–Crippen LogP) is 0.961. The van der Waals surface area contributed by atoms with Crippen molar-refractivity contribution in [1.29, 1.82) is 0 Å². The molecule has 0 spiro atoms. The van der Waals surface area contributed by atoms with Crippen LogP contribution in [-0.4, -0.2) is 33.4 Å². The third kappa shape index (κ3) is 3.13. The van der Waals surface area contributed by atoms with Gasteiger partial charge in [-0.2, -0.15) is 0 Å². The largest absolute Gasteiger partial charge is 0.361 e. The highest BCUT2D eigenvalue weighted by atomic mass is 16.1. The number of nitrogens with zero attached hydrogens (tertiary/aromatic N) is 3. The Bertz CT molecular complexity index is 555. The van der Waals surface area contributed by atoms with Gasteiger partial charge in [0.25, 0.3) is 0 Å². The normalized spacial score (nSPS) is 10.6. The number of fused-ring (bicyclic) bond motifs is 1. The SMILES string of the molecule is CC(C)NC(=O)CNc1ccc2nccnc2n1. The molecule has 1 amide bonds. The smallest absolute Gasteiger partial charge is 0.239 e. The second kappa shape index (κ2) is 5.39. The lowest BCUT2D eigenvalue weighted by Gasteiger charge is -2.09. The van der Waals surface area contributed by atoms with Crippen molar-refractivity contribution in [3.8, 4) is 0 Å². The maximum atomic E-state index is 11.5. The summed E-state index contributed by atoms with van der Waals surface area (Å²) >= 11 is 0. The van der Waals surface area contributed by atoms with Gasteiger partial charge < -0.3 is 10.6 Å². The molecule has 6 nitrogen and oxygen atoms in total. The molecule has 0 bridgehead atoms. The van der Waals surface area contributed by atoms with Gasteiger partial charge in [-0.05, 0) is 26.0 Å². The number of nitrogens with one attached hydrogen (secondary N) is 2. The number of carbonyl (C=O) groups excluding carboxylic acids is 1. The molecule has 2 heterocycles. The van der Waals surface area contributed by atoms with Crippen LogP contribution in [0.15, 0.2) is 24.5 Å². The molecule has 6 heteroatoms. The molecule has 0 saturated carbocycles. The van der Waals surface area contributed by atoms with E-state index in [1.165, 1.54) is 0 Å². The first-order valence-electron chi connectivity index (χ1n) is 5.76. The minimum atomic E-state index is -0.0638. The first kappa shape index (κ1) is 12.2. The Balaban J connectivity index is 2.01. The number of hydrogen-bond donors (Lipinski definition) is 2. The lowest BCUT2D eigenvalue weighted by Crippen LogP contribution is -2.34. The van der Waals surface area contributed by atoms with Crippen molar-refractivity contribution in [2.45, 2.75) is 19.9 Å². The quantitative estimate of drug-likeness (QED) is 0.838. The van der Waals surface area contributed by atoms with Crippen LogP contribution in [0.2, 0.25) is 0 Å². The topological polar surface area (TPSA) is 79.8 Å². The number of hydrogen-bond acceptors (Lipinski definition) is 5. The third-order valence-electron chi connectivity index (χ3n) is 2.21. The average molecular weight is 245 g/mol. The summed E-state index contributed by atoms with van der Waals surface area (Å²) in [5.74, 6) is 0.549. The van der Waals surface area contributed by atoms with E-state index in [0.29, 0.717) is 11.5 Å². The maximum absolute atomic E-state index is 11.5. The summed E-state index contributed by atoms with van der Waals surface area (Å²) in [6, 6.07) is 3.73. The van der Waals surface area contributed by atoms with E-state index in [0.717, 1.165) is 5.52 Å². The fraction of sp³-hybridized carbons (Fsp3) is 0.333. The van der Waals surface area contributed by atoms with Crippen molar-refractivity contribution in [2.75, 3.05) is 11.9 Å². The molecule has 0 aliphatic carbocycles. The van der Waals surface area contributed by atoms with Crippen molar-refractivity contribution in [2.24, 2.45) is 0 Å². The molecule has 0 fully saturated rings. The number of carbonyl (C=O) groups is 1. The number of aromatic nitrogens is 3. The van der Waals surface area contributed by atoms with Crippen LogP contribution in [0.3, 0.4) is 0 Å². The highest BCUT2D eigenvalue weighted by Gasteiger charge is 2.04. The minimum absolute atomic E-state index is 0.0638. The standard InChI is InChI=1S/C12H15N5O/c1-8(2)16-11(18)7-15-10-4-3-9-12(17-10)14-6-5-13-9/h3-6,8H,7H2,1-2H3,(H,16,18)(H,14,15,17). The van der Waals surface area contributed by atoms with Gasteiger partial charge in [-0.15, -0.1) is 0 Å². The monoisotopic (exact) mass is 245 g/mol. The molecule has 0 aliphatic heterocycles. The van der Waals surface area contributed by atoms with Gasteiger partial charge in [-0.1, -0.05) is 0 Å². The molecular formula is C12H15N5O. The second-order valence-corrected chi connectivity index (χ2v) is 4.17. The van der Waals surface area contributed by atoms with Gasteiger partial charge in [0.1, 0.15) is 11.3 Å². The van der Waals surface area contributed by atoms with Crippen molar-refractivity contribution in [3.05, 3.63) is 24.5 Å². The highest BCUT2D eigenvalue weighted by Crippen LogP contribution is 2.09. The Kier molecular flexibility index (Phi) is 3.66. The summed E-state index contributed by atoms with van der Waals surface area (Å²) in [5.41, 5.74) is 1.29. The Morgan fingerprint density at radius 3 is 2.83 bits per heavy atom. The summed E-state index contributed by atoms with van der Waals surface area (Å²) in [6.45, 7) is 4.03. The summed E-state index contributed by atoms with van der Waals surface area (Å²) in [5, 5.41) is 5.74. The molecule has 0 atom stereocenters. The van der Waals surface area contributed by atoms with Gasteiger partial charge in [0.05, 0.1) is 6.54 Å². The van der Waals surface area contributed by atoms with Gasteiger partial charge in [0.15, 0.2) is 5.65 Å². The lowest BCUT2D eigenvalue weighted by atomic mass is 10.3. The van der Waals surface area contributed by atoms with Crippen LogP contribution < -0.4 is 10.6 Å². The maximum Gasteiger partial charge on any atom is 0.239 e. The number of amides is 1. The van der Waals surface area contributed by atoms with Crippen LogP contribution in [0.25, 0.3) is 11.2 Å². The molecule has 2 aromatic heterocycles. The molecule has 2 aromatic rings. The van der Waals surface area contributed by atoms with E-state index in [1.807, 2.05) is 19.9 Å². The van der Waals surface area contributed by atoms with Crippen LogP contribution in [-0.2, 0) is 4.79 Å². The molecule has 0 saturated heterocycles. The van der Waals surface area contributed by atoms with Crippen LogP contribution >= 0.6 is 0 Å². The van der Waals surface area contributed by atoms with Gasteiger partial charge >= 0.3 is 0 Å². The lowest BCUT2D eigenvalue weighted by molar-refractivity contribution is -0.119. The molecule has 0 radical (unpaired) electrons. The number of pyridine rings is 1. The summed E-state index contributed by atoms with van der Waals surface area (Å²) in [6.07, 6.45) is 3.21. The van der Waals surface area contributed by atoms with E-state index in [2.05, 4.69) is 25.6 Å². The van der Waals surface area contributed by atoms with E-state index in [9.17, 15) is 4.79 Å². The van der Waals surface area contributed by atoms with Crippen LogP contribution in [0.1, 0.15) is 13.8 Å². The van der Waals surface area contributed by atoms with Crippen LogP contribution in [0, 0.1) is 0 Å². The fourth-order valence-electron chi connectivity index (χ4n) is 1.50. The summed E-state index contributed by atoms with van der Waals surface area (Å²) < 4.78 is 0. The van der Waals surface area contributed by atoms with Crippen LogP contribution in [0.5, 0.6) is 0 Å². The third-order valence-corrected chi connectivity index (χ3v) is 2.21. The van der Waals surface area contributed by atoms with Gasteiger partial charge in [0.2, 0.25) is 5.91 Å². The minimum Gasteiger partial charge on any atom is -0.361 e. The van der Waals surface area contributed by atoms with Crippen molar-refractivity contribution in [3.63, 3.8) is 0 Å². The molecule has 18 heavy (non-hydrogen) atoms. The summed E-state index contributed by atoms with van der Waals surface area (Å²) in [7, 11) is 0. The molecule has 0 aromatic carbocycles. The van der Waals surface area contributed by atoms with E-state index in [4.69, 9.17) is 0 Å². The van der Waals surface area contributed by atoms with Gasteiger partial charge in [-0.3, -0.25) is 9.78 Å². The van der Waals surface area contributed by atoms with Gasteiger partial charge in [-0.25, -0.2) is 9.97 Å². The number of anilines is 1. The Hall–Kier alpha value is -2.24. The molecule has 0 unspecified atom stereocenters. The van der Waals surface area contributed by atoms with E-state index >= 15 is 0 Å². The molecular weight excluding hydrogens is 230 g/mol.